The molecule has 0 fully saturated rings. The van der Waals surface area contributed by atoms with Gasteiger partial charge in [0.1, 0.15) is 11.7 Å². The highest BCUT2D eigenvalue weighted by Crippen LogP contribution is 2.34. The summed E-state index contributed by atoms with van der Waals surface area (Å²) < 4.78 is 59.8. The van der Waals surface area contributed by atoms with E-state index in [0.717, 1.165) is 17.2 Å². The Hall–Kier alpha value is -3.96. The fourth-order valence-corrected chi connectivity index (χ4v) is 4.78. The average molecular weight is 531 g/mol. The Labute approximate surface area is 216 Å². The predicted molar refractivity (Wildman–Crippen MR) is 132 cm³/mol. The number of aryl methyl sites for hydroxylation is 1. The van der Waals surface area contributed by atoms with Gasteiger partial charge in [-0.2, -0.15) is 13.2 Å². The van der Waals surface area contributed by atoms with Gasteiger partial charge in [-0.15, -0.1) is 5.10 Å². The maximum Gasteiger partial charge on any atom is 0.419 e. The molecule has 0 spiro atoms. The van der Waals surface area contributed by atoms with Gasteiger partial charge in [0.25, 0.3) is 5.91 Å². The number of amidine groups is 1. The van der Waals surface area contributed by atoms with Crippen molar-refractivity contribution in [3.8, 4) is 0 Å². The van der Waals surface area contributed by atoms with Crippen LogP contribution in [0.2, 0.25) is 0 Å². The first-order chi connectivity index (χ1) is 18.0. The number of carbonyl (C=O) groups is 1. The van der Waals surface area contributed by atoms with Crippen molar-refractivity contribution in [1.82, 2.24) is 20.4 Å². The van der Waals surface area contributed by atoms with Crippen molar-refractivity contribution < 1.29 is 26.8 Å². The molecular formula is C26H26F4N6O2. The summed E-state index contributed by atoms with van der Waals surface area (Å²) in [6, 6.07) is 2.44. The van der Waals surface area contributed by atoms with Gasteiger partial charge in [0.2, 0.25) is 5.89 Å². The van der Waals surface area contributed by atoms with Gasteiger partial charge < -0.3 is 19.5 Å². The second-order valence-corrected chi connectivity index (χ2v) is 9.53. The molecular weight excluding hydrogens is 504 g/mol. The van der Waals surface area contributed by atoms with Crippen molar-refractivity contribution in [2.24, 2.45) is 4.99 Å². The molecule has 2 atom stereocenters. The summed E-state index contributed by atoms with van der Waals surface area (Å²) in [4.78, 5) is 21.8. The predicted octanol–water partition coefficient (Wildman–Crippen LogP) is 4.48. The SMILES string of the molecule is Cc1nnc(N2CC=C(C3=CN4C[C@@H](C)N=C4C(C(=O)N[C@H](C)c4cccc(C(F)(F)F)c4F)=C3)CC2)o1. The van der Waals surface area contributed by atoms with Crippen LogP contribution in [0.4, 0.5) is 23.6 Å². The monoisotopic (exact) mass is 530 g/mol. The number of amides is 1. The Bertz CT molecular complexity index is 1390. The molecule has 0 saturated heterocycles. The van der Waals surface area contributed by atoms with E-state index in [2.05, 4.69) is 20.5 Å². The summed E-state index contributed by atoms with van der Waals surface area (Å²) in [5, 5.41) is 10.6. The highest BCUT2D eigenvalue weighted by molar-refractivity contribution is 6.22. The Balaban J connectivity index is 1.38. The molecule has 0 aliphatic carbocycles. The van der Waals surface area contributed by atoms with Gasteiger partial charge in [-0.3, -0.25) is 9.79 Å². The van der Waals surface area contributed by atoms with Crippen LogP contribution in [-0.2, 0) is 11.0 Å². The topological polar surface area (TPSA) is 86.9 Å². The van der Waals surface area contributed by atoms with E-state index in [4.69, 9.17) is 4.42 Å². The highest BCUT2D eigenvalue weighted by Gasteiger charge is 2.36. The van der Waals surface area contributed by atoms with Crippen LogP contribution in [0.5, 0.6) is 0 Å². The van der Waals surface area contributed by atoms with Crippen LogP contribution in [0.1, 0.15) is 43.3 Å². The average Bonchev–Trinajstić information content (AvgIpc) is 3.47. The summed E-state index contributed by atoms with van der Waals surface area (Å²) >= 11 is 0. The van der Waals surface area contributed by atoms with Crippen molar-refractivity contribution in [2.45, 2.75) is 45.5 Å². The molecule has 1 aromatic carbocycles. The molecule has 5 rings (SSSR count). The molecule has 1 aromatic heterocycles. The lowest BCUT2D eigenvalue weighted by Crippen LogP contribution is -2.37. The smallest absolute Gasteiger partial charge is 0.408 e. The summed E-state index contributed by atoms with van der Waals surface area (Å²) in [7, 11) is 0. The van der Waals surface area contributed by atoms with Gasteiger partial charge in [0, 0.05) is 38.3 Å². The van der Waals surface area contributed by atoms with Crippen molar-refractivity contribution in [3.63, 3.8) is 0 Å². The van der Waals surface area contributed by atoms with Crippen LogP contribution in [0.3, 0.4) is 0 Å². The number of anilines is 1. The number of aromatic nitrogens is 2. The number of nitrogens with one attached hydrogen (secondary N) is 1. The minimum Gasteiger partial charge on any atom is -0.408 e. The van der Waals surface area contributed by atoms with Crippen LogP contribution in [-0.4, -0.2) is 52.5 Å². The van der Waals surface area contributed by atoms with Gasteiger partial charge >= 0.3 is 12.2 Å². The highest BCUT2D eigenvalue weighted by atomic mass is 19.4. The van der Waals surface area contributed by atoms with Gasteiger partial charge in [-0.25, -0.2) is 4.39 Å². The first-order valence-electron chi connectivity index (χ1n) is 12.2. The number of alkyl halides is 3. The molecule has 1 amide bonds. The van der Waals surface area contributed by atoms with Crippen LogP contribution in [0.15, 0.2) is 62.7 Å². The van der Waals surface area contributed by atoms with E-state index in [0.29, 0.717) is 49.9 Å². The Morgan fingerprint density at radius 3 is 2.71 bits per heavy atom. The molecule has 2 aromatic rings. The van der Waals surface area contributed by atoms with Crippen LogP contribution < -0.4 is 10.2 Å². The lowest BCUT2D eigenvalue weighted by atomic mass is 9.95. The van der Waals surface area contributed by atoms with Gasteiger partial charge in [0.05, 0.1) is 23.2 Å². The molecule has 12 heteroatoms. The largest absolute Gasteiger partial charge is 0.419 e. The Morgan fingerprint density at radius 2 is 2.05 bits per heavy atom. The zero-order valence-corrected chi connectivity index (χ0v) is 21.0. The lowest BCUT2D eigenvalue weighted by Gasteiger charge is -2.29. The van der Waals surface area contributed by atoms with Crippen LogP contribution in [0.25, 0.3) is 0 Å². The van der Waals surface area contributed by atoms with Crippen molar-refractivity contribution in [3.05, 3.63) is 76.1 Å². The molecule has 8 nitrogen and oxygen atoms in total. The third-order valence-electron chi connectivity index (χ3n) is 6.67. The molecule has 0 unspecified atom stereocenters. The van der Waals surface area contributed by atoms with Gasteiger partial charge in [-0.1, -0.05) is 23.3 Å². The number of carbonyl (C=O) groups excluding carboxylic acids is 1. The minimum absolute atomic E-state index is 0.0493. The first-order valence-corrected chi connectivity index (χ1v) is 12.2. The molecule has 4 heterocycles. The minimum atomic E-state index is -4.84. The van der Waals surface area contributed by atoms with E-state index in [1.165, 1.54) is 13.0 Å². The Morgan fingerprint density at radius 1 is 1.26 bits per heavy atom. The molecule has 3 aliphatic heterocycles. The quantitative estimate of drug-likeness (QED) is 0.574. The molecule has 200 valence electrons. The van der Waals surface area contributed by atoms with Gasteiger partial charge in [0.15, 0.2) is 0 Å². The molecule has 0 bridgehead atoms. The van der Waals surface area contributed by atoms with Crippen molar-refractivity contribution >= 4 is 17.8 Å². The fraction of sp³-hybridized carbons (Fsp3) is 0.385. The molecule has 3 aliphatic rings. The normalized spacial score (nSPS) is 20.3. The van der Waals surface area contributed by atoms with E-state index in [1.54, 1.807) is 13.0 Å². The number of hydrogen-bond acceptors (Lipinski definition) is 7. The number of hydrogen-bond donors (Lipinski definition) is 1. The Kier molecular flexibility index (Phi) is 6.58. The summed E-state index contributed by atoms with van der Waals surface area (Å²) in [6.07, 6.45) is 1.55. The second-order valence-electron chi connectivity index (χ2n) is 9.53. The summed E-state index contributed by atoms with van der Waals surface area (Å²) in [6.45, 7) is 6.88. The third-order valence-corrected chi connectivity index (χ3v) is 6.67. The number of fused-ring (bicyclic) bond motifs is 1. The summed E-state index contributed by atoms with van der Waals surface area (Å²) in [5.74, 6) is -0.975. The van der Waals surface area contributed by atoms with Crippen LogP contribution >= 0.6 is 0 Å². The van der Waals surface area contributed by atoms with E-state index in [-0.39, 0.29) is 17.2 Å². The van der Waals surface area contributed by atoms with Crippen molar-refractivity contribution in [1.29, 1.82) is 0 Å². The van der Waals surface area contributed by atoms with E-state index in [9.17, 15) is 22.4 Å². The van der Waals surface area contributed by atoms with Crippen molar-refractivity contribution in [2.75, 3.05) is 24.5 Å². The number of rotatable bonds is 5. The second kappa shape index (κ2) is 9.73. The number of allylic oxidation sites excluding steroid dienone is 2. The van der Waals surface area contributed by atoms with Gasteiger partial charge in [-0.05, 0) is 43.6 Å². The first kappa shape index (κ1) is 25.7. The third kappa shape index (κ3) is 4.94. The maximum absolute atomic E-state index is 14.7. The standard InChI is InChI=1S/C26H26F4N6O2/c1-14-12-36-13-18(17-7-9-35(10-8-17)25-34-33-16(3)38-25)11-20(23(36)31-14)24(37)32-15(2)19-5-4-6-21(22(19)27)26(28,29)30/h4-7,11,13-15H,8-10,12H2,1-3H3,(H,32,37)/t14-,15-/m1/s1. The molecule has 38 heavy (non-hydrogen) atoms. The fourth-order valence-electron chi connectivity index (χ4n) is 4.78. The maximum atomic E-state index is 14.7. The van der Waals surface area contributed by atoms with E-state index < -0.39 is 29.5 Å². The van der Waals surface area contributed by atoms with Crippen LogP contribution in [0, 0.1) is 12.7 Å². The summed E-state index contributed by atoms with van der Waals surface area (Å²) in [5.41, 5.74) is 0.528. The zero-order chi connectivity index (χ0) is 27.2. The number of aliphatic imine (C=N–C) groups is 1. The molecule has 0 radical (unpaired) electrons. The number of halogens is 4. The number of benzene rings is 1. The molecule has 1 N–H and O–H groups in total. The number of nitrogens with zero attached hydrogens (tertiary/aromatic N) is 5. The zero-order valence-electron chi connectivity index (χ0n) is 21.0. The molecule has 0 saturated carbocycles. The van der Waals surface area contributed by atoms with E-state index >= 15 is 0 Å². The lowest BCUT2D eigenvalue weighted by molar-refractivity contribution is -0.140. The van der Waals surface area contributed by atoms with E-state index in [1.807, 2.05) is 29.0 Å².